The van der Waals surface area contributed by atoms with Gasteiger partial charge in [-0.05, 0) is 62.2 Å². The molecular formula is C14H8Br2FNO3. The van der Waals surface area contributed by atoms with E-state index in [9.17, 15) is 14.0 Å². The Bertz CT molecular complexity index is 734. The van der Waals surface area contributed by atoms with Crippen molar-refractivity contribution in [2.75, 3.05) is 5.32 Å². The van der Waals surface area contributed by atoms with E-state index in [0.717, 1.165) is 0 Å². The molecule has 0 aliphatic carbocycles. The summed E-state index contributed by atoms with van der Waals surface area (Å²) in [7, 11) is 0. The lowest BCUT2D eigenvalue weighted by molar-refractivity contribution is 0.0696. The molecule has 0 spiro atoms. The van der Waals surface area contributed by atoms with E-state index in [1.165, 1.54) is 30.3 Å². The van der Waals surface area contributed by atoms with Crippen LogP contribution in [0.15, 0.2) is 45.3 Å². The van der Waals surface area contributed by atoms with E-state index in [4.69, 9.17) is 5.11 Å². The summed E-state index contributed by atoms with van der Waals surface area (Å²) in [5.41, 5.74) is 0.316. The number of carbonyl (C=O) groups excluding carboxylic acids is 1. The second-order valence-corrected chi connectivity index (χ2v) is 5.76. The lowest BCUT2D eigenvalue weighted by atomic mass is 10.1. The third kappa shape index (κ3) is 3.48. The monoisotopic (exact) mass is 415 g/mol. The lowest BCUT2D eigenvalue weighted by Crippen LogP contribution is -2.14. The zero-order chi connectivity index (χ0) is 15.6. The van der Waals surface area contributed by atoms with Gasteiger partial charge in [-0.1, -0.05) is 6.07 Å². The van der Waals surface area contributed by atoms with Gasteiger partial charge in [-0.25, -0.2) is 9.18 Å². The topological polar surface area (TPSA) is 66.4 Å². The minimum atomic E-state index is -1.08. The molecule has 7 heteroatoms. The number of nitrogens with one attached hydrogen (secondary N) is 1. The lowest BCUT2D eigenvalue weighted by Gasteiger charge is -2.09. The highest BCUT2D eigenvalue weighted by atomic mass is 79.9. The van der Waals surface area contributed by atoms with Crippen molar-refractivity contribution in [1.29, 1.82) is 0 Å². The maximum absolute atomic E-state index is 13.8. The Morgan fingerprint density at radius 2 is 1.81 bits per heavy atom. The smallest absolute Gasteiger partial charge is 0.335 e. The van der Waals surface area contributed by atoms with Gasteiger partial charge in [-0.2, -0.15) is 0 Å². The molecule has 0 fully saturated rings. The van der Waals surface area contributed by atoms with Crippen molar-refractivity contribution in [3.8, 4) is 0 Å². The van der Waals surface area contributed by atoms with Gasteiger partial charge in [0.2, 0.25) is 0 Å². The highest BCUT2D eigenvalue weighted by Crippen LogP contribution is 2.25. The second-order valence-electron chi connectivity index (χ2n) is 4.06. The van der Waals surface area contributed by atoms with E-state index in [1.807, 2.05) is 0 Å². The van der Waals surface area contributed by atoms with Crippen LogP contribution < -0.4 is 5.32 Å². The molecule has 0 aromatic heterocycles. The number of hydrogen-bond donors (Lipinski definition) is 2. The van der Waals surface area contributed by atoms with E-state index in [-0.39, 0.29) is 15.6 Å². The van der Waals surface area contributed by atoms with Gasteiger partial charge in [0.15, 0.2) is 0 Å². The van der Waals surface area contributed by atoms with Crippen LogP contribution in [-0.4, -0.2) is 17.0 Å². The molecule has 1 amide bonds. The summed E-state index contributed by atoms with van der Waals surface area (Å²) in [6.07, 6.45) is 0. The zero-order valence-corrected chi connectivity index (χ0v) is 13.5. The number of carboxylic acid groups (broad SMARTS) is 1. The summed E-state index contributed by atoms with van der Waals surface area (Å²) in [5, 5.41) is 11.4. The number of aromatic carboxylic acids is 1. The predicted octanol–water partition coefficient (Wildman–Crippen LogP) is 4.30. The molecule has 0 unspecified atom stereocenters. The van der Waals surface area contributed by atoms with E-state index < -0.39 is 17.7 Å². The molecular weight excluding hydrogens is 409 g/mol. The van der Waals surface area contributed by atoms with Gasteiger partial charge >= 0.3 is 5.97 Å². The van der Waals surface area contributed by atoms with E-state index in [1.54, 1.807) is 6.07 Å². The molecule has 4 nitrogen and oxygen atoms in total. The molecule has 0 atom stereocenters. The number of carbonyl (C=O) groups is 2. The highest BCUT2D eigenvalue weighted by molar-refractivity contribution is 9.10. The molecule has 0 heterocycles. The molecule has 0 radical (unpaired) electrons. The summed E-state index contributed by atoms with van der Waals surface area (Å²) < 4.78 is 14.4. The fourth-order valence-corrected chi connectivity index (χ4v) is 2.46. The average Bonchev–Trinajstić information content (AvgIpc) is 2.43. The molecule has 0 aliphatic rings. The van der Waals surface area contributed by atoms with E-state index >= 15 is 0 Å². The number of hydrogen-bond acceptors (Lipinski definition) is 2. The molecule has 0 saturated carbocycles. The van der Waals surface area contributed by atoms with Crippen molar-refractivity contribution in [1.82, 2.24) is 0 Å². The Labute approximate surface area is 136 Å². The molecule has 2 N–H and O–H groups in total. The summed E-state index contributed by atoms with van der Waals surface area (Å²) in [6, 6.07) is 8.53. The van der Waals surface area contributed by atoms with Crippen LogP contribution in [0.4, 0.5) is 10.1 Å². The predicted molar refractivity (Wildman–Crippen MR) is 83.2 cm³/mol. The fraction of sp³-hybridized carbons (Fsp3) is 0. The number of benzene rings is 2. The van der Waals surface area contributed by atoms with Gasteiger partial charge < -0.3 is 10.4 Å². The summed E-state index contributed by atoms with van der Waals surface area (Å²) in [4.78, 5) is 22.9. The van der Waals surface area contributed by atoms with Crippen molar-refractivity contribution in [3.05, 3.63) is 62.3 Å². The first-order chi connectivity index (χ1) is 9.90. The first-order valence-electron chi connectivity index (χ1n) is 5.68. The molecule has 0 saturated heterocycles. The van der Waals surface area contributed by atoms with Gasteiger partial charge in [-0.15, -0.1) is 0 Å². The Hall–Kier alpha value is -1.73. The number of halogens is 3. The van der Waals surface area contributed by atoms with Gasteiger partial charge in [0.05, 0.1) is 21.3 Å². The van der Waals surface area contributed by atoms with Gasteiger partial charge in [-0.3, -0.25) is 4.79 Å². The Balaban J connectivity index is 2.28. The third-order valence-electron chi connectivity index (χ3n) is 2.66. The normalized spacial score (nSPS) is 10.2. The quantitative estimate of drug-likeness (QED) is 0.783. The minimum Gasteiger partial charge on any atom is -0.478 e. The summed E-state index contributed by atoms with van der Waals surface area (Å²) >= 11 is 6.18. The van der Waals surface area contributed by atoms with Crippen molar-refractivity contribution in [2.24, 2.45) is 0 Å². The minimum absolute atomic E-state index is 0.0773. The standard InChI is InChI=1S/C14H8Br2FNO3/c15-9-3-1-2-8(12(9)17)13(19)18-11-5-4-7(14(20)21)6-10(11)16/h1-6H,(H,18,19)(H,20,21). The highest BCUT2D eigenvalue weighted by Gasteiger charge is 2.15. The molecule has 0 aliphatic heterocycles. The Kier molecular flexibility index (Phi) is 4.74. The molecule has 108 valence electrons. The van der Waals surface area contributed by atoms with Gasteiger partial charge in [0, 0.05) is 4.47 Å². The van der Waals surface area contributed by atoms with Crippen LogP contribution in [0.1, 0.15) is 20.7 Å². The van der Waals surface area contributed by atoms with Crippen LogP contribution in [0.5, 0.6) is 0 Å². The van der Waals surface area contributed by atoms with Crippen molar-refractivity contribution in [2.45, 2.75) is 0 Å². The fourth-order valence-electron chi connectivity index (χ4n) is 1.62. The first kappa shape index (κ1) is 15.7. The zero-order valence-electron chi connectivity index (χ0n) is 10.4. The van der Waals surface area contributed by atoms with Crippen molar-refractivity contribution in [3.63, 3.8) is 0 Å². The van der Waals surface area contributed by atoms with Gasteiger partial charge in [0.25, 0.3) is 5.91 Å². The maximum Gasteiger partial charge on any atom is 0.335 e. The number of rotatable bonds is 3. The third-order valence-corrected chi connectivity index (χ3v) is 3.93. The number of anilines is 1. The van der Waals surface area contributed by atoms with Crippen molar-refractivity contribution < 1.29 is 19.1 Å². The Morgan fingerprint density at radius 1 is 1.10 bits per heavy atom. The van der Waals surface area contributed by atoms with Crippen LogP contribution in [-0.2, 0) is 0 Å². The Morgan fingerprint density at radius 3 is 2.43 bits per heavy atom. The molecule has 2 rings (SSSR count). The van der Waals surface area contributed by atoms with E-state index in [2.05, 4.69) is 37.2 Å². The maximum atomic E-state index is 13.8. The largest absolute Gasteiger partial charge is 0.478 e. The number of amides is 1. The second kappa shape index (κ2) is 6.36. The average molecular weight is 417 g/mol. The van der Waals surface area contributed by atoms with Crippen LogP contribution in [0.25, 0.3) is 0 Å². The van der Waals surface area contributed by atoms with Crippen LogP contribution in [0, 0.1) is 5.82 Å². The summed E-state index contributed by atoms with van der Waals surface area (Å²) in [5.74, 6) is -2.36. The molecule has 21 heavy (non-hydrogen) atoms. The molecule has 0 bridgehead atoms. The van der Waals surface area contributed by atoms with Crippen LogP contribution in [0.2, 0.25) is 0 Å². The molecule has 2 aromatic rings. The summed E-state index contributed by atoms with van der Waals surface area (Å²) in [6.45, 7) is 0. The van der Waals surface area contributed by atoms with Crippen LogP contribution in [0.3, 0.4) is 0 Å². The van der Waals surface area contributed by atoms with Crippen molar-refractivity contribution >= 4 is 49.4 Å². The first-order valence-corrected chi connectivity index (χ1v) is 7.27. The molecule has 2 aromatic carbocycles. The van der Waals surface area contributed by atoms with Gasteiger partial charge in [0.1, 0.15) is 5.82 Å². The SMILES string of the molecule is O=C(O)c1ccc(NC(=O)c2cccc(Br)c2F)c(Br)c1. The van der Waals surface area contributed by atoms with E-state index in [0.29, 0.717) is 10.2 Å². The number of carboxylic acids is 1. The van der Waals surface area contributed by atoms with Crippen LogP contribution >= 0.6 is 31.9 Å².